The lowest BCUT2D eigenvalue weighted by Gasteiger charge is -2.11. The molecule has 2 heterocycles. The summed E-state index contributed by atoms with van der Waals surface area (Å²) in [6.45, 7) is 3.67. The molecule has 0 aliphatic carbocycles. The van der Waals surface area contributed by atoms with Gasteiger partial charge in [0.15, 0.2) is 0 Å². The van der Waals surface area contributed by atoms with Crippen molar-refractivity contribution in [3.63, 3.8) is 0 Å². The normalized spacial score (nSPS) is 12.3. The van der Waals surface area contributed by atoms with Gasteiger partial charge in [0, 0.05) is 5.39 Å². The van der Waals surface area contributed by atoms with Crippen LogP contribution in [0, 0.1) is 6.92 Å². The molecule has 1 amide bonds. The van der Waals surface area contributed by atoms with E-state index in [0.717, 1.165) is 11.1 Å². The largest absolute Gasteiger partial charge is 0.464 e. The van der Waals surface area contributed by atoms with Crippen LogP contribution in [0.1, 0.15) is 35.0 Å². The molecular weight excluding hydrogens is 280 g/mol. The van der Waals surface area contributed by atoms with Crippen molar-refractivity contribution in [3.8, 4) is 0 Å². The molecule has 2 aromatic heterocycles. The highest BCUT2D eigenvalue weighted by atomic mass is 16.3. The lowest BCUT2D eigenvalue weighted by Crippen LogP contribution is -2.28. The minimum atomic E-state index is -0.343. The van der Waals surface area contributed by atoms with Crippen LogP contribution in [-0.2, 0) is 0 Å². The van der Waals surface area contributed by atoms with E-state index >= 15 is 0 Å². The smallest absolute Gasteiger partial charge is 0.268 e. The van der Waals surface area contributed by atoms with E-state index in [1.54, 1.807) is 24.3 Å². The third-order valence-electron chi connectivity index (χ3n) is 3.53. The van der Waals surface area contributed by atoms with Crippen molar-refractivity contribution < 1.29 is 9.21 Å². The van der Waals surface area contributed by atoms with E-state index in [0.29, 0.717) is 11.1 Å². The molecule has 0 fully saturated rings. The summed E-state index contributed by atoms with van der Waals surface area (Å²) in [5.41, 5.74) is -0.0384. The Morgan fingerprint density at radius 2 is 2.00 bits per heavy atom. The Bertz CT molecular complexity index is 892. The van der Waals surface area contributed by atoms with Gasteiger partial charge in [-0.1, -0.05) is 18.2 Å². The minimum Gasteiger partial charge on any atom is -0.464 e. The second-order valence-corrected chi connectivity index (χ2v) is 5.24. The van der Waals surface area contributed by atoms with Gasteiger partial charge in [0.2, 0.25) is 0 Å². The van der Waals surface area contributed by atoms with Gasteiger partial charge < -0.3 is 14.7 Å². The van der Waals surface area contributed by atoms with E-state index in [-0.39, 0.29) is 23.2 Å². The van der Waals surface area contributed by atoms with Crippen LogP contribution in [0.5, 0.6) is 0 Å². The van der Waals surface area contributed by atoms with Gasteiger partial charge in [0.05, 0.1) is 6.04 Å². The summed E-state index contributed by atoms with van der Waals surface area (Å²) in [5, 5.41) is 4.11. The molecule has 1 aromatic carbocycles. The highest BCUT2D eigenvalue weighted by Gasteiger charge is 2.15. The van der Waals surface area contributed by atoms with Gasteiger partial charge in [-0.2, -0.15) is 0 Å². The highest BCUT2D eigenvalue weighted by molar-refractivity contribution is 5.96. The number of aromatic amines is 1. The number of amides is 1. The maximum Gasteiger partial charge on any atom is 0.268 e. The Labute approximate surface area is 127 Å². The first kappa shape index (κ1) is 14.1. The molecule has 0 bridgehead atoms. The number of carbonyl (C=O) groups is 1. The zero-order valence-corrected chi connectivity index (χ0v) is 12.3. The molecule has 0 aliphatic heterocycles. The first-order valence-electron chi connectivity index (χ1n) is 7.04. The molecule has 1 unspecified atom stereocenters. The first-order chi connectivity index (χ1) is 10.5. The average Bonchev–Trinajstić information content (AvgIpc) is 2.94. The fourth-order valence-corrected chi connectivity index (χ4v) is 2.36. The van der Waals surface area contributed by atoms with Crippen LogP contribution < -0.4 is 10.9 Å². The number of pyridine rings is 1. The number of hydrogen-bond donors (Lipinski definition) is 2. The van der Waals surface area contributed by atoms with Crippen LogP contribution >= 0.6 is 0 Å². The summed E-state index contributed by atoms with van der Waals surface area (Å²) >= 11 is 0. The van der Waals surface area contributed by atoms with E-state index in [1.165, 1.54) is 0 Å². The van der Waals surface area contributed by atoms with Crippen LogP contribution in [0.25, 0.3) is 10.8 Å². The number of H-pyrrole nitrogens is 1. The predicted molar refractivity (Wildman–Crippen MR) is 83.9 cm³/mol. The molecule has 0 spiro atoms. The summed E-state index contributed by atoms with van der Waals surface area (Å²) < 4.78 is 5.49. The third kappa shape index (κ3) is 2.65. The van der Waals surface area contributed by atoms with Gasteiger partial charge >= 0.3 is 0 Å². The summed E-state index contributed by atoms with van der Waals surface area (Å²) in [5.74, 6) is 1.12. The maximum atomic E-state index is 12.3. The number of rotatable bonds is 3. The van der Waals surface area contributed by atoms with Crippen molar-refractivity contribution in [2.24, 2.45) is 0 Å². The van der Waals surface area contributed by atoms with Crippen LogP contribution in [0.3, 0.4) is 0 Å². The lowest BCUT2D eigenvalue weighted by atomic mass is 10.1. The zero-order chi connectivity index (χ0) is 15.7. The number of nitrogens with one attached hydrogen (secondary N) is 2. The molecule has 3 rings (SSSR count). The Kier molecular flexibility index (Phi) is 3.55. The number of aryl methyl sites for hydroxylation is 1. The SMILES string of the molecule is Cc1ccc(C(C)NC(=O)c2cc3ccccc3c(=O)[nH]2)o1. The van der Waals surface area contributed by atoms with Gasteiger partial charge in [-0.05, 0) is 43.5 Å². The van der Waals surface area contributed by atoms with Gasteiger partial charge in [0.1, 0.15) is 17.2 Å². The average molecular weight is 296 g/mol. The quantitative estimate of drug-likeness (QED) is 0.780. The van der Waals surface area contributed by atoms with E-state index in [1.807, 2.05) is 32.0 Å². The zero-order valence-electron chi connectivity index (χ0n) is 12.3. The molecule has 3 aromatic rings. The predicted octanol–water partition coefficient (Wildman–Crippen LogP) is 2.92. The number of carbonyl (C=O) groups excluding carboxylic acids is 1. The summed E-state index contributed by atoms with van der Waals surface area (Å²) in [6.07, 6.45) is 0. The first-order valence-corrected chi connectivity index (χ1v) is 7.04. The van der Waals surface area contributed by atoms with Crippen molar-refractivity contribution >= 4 is 16.7 Å². The van der Waals surface area contributed by atoms with Crippen molar-refractivity contribution in [2.75, 3.05) is 0 Å². The molecule has 0 saturated carbocycles. The van der Waals surface area contributed by atoms with Crippen molar-refractivity contribution in [1.29, 1.82) is 0 Å². The van der Waals surface area contributed by atoms with Gasteiger partial charge in [-0.3, -0.25) is 9.59 Å². The highest BCUT2D eigenvalue weighted by Crippen LogP contribution is 2.16. The molecule has 112 valence electrons. The number of hydrogen-bond acceptors (Lipinski definition) is 3. The fraction of sp³-hybridized carbons (Fsp3) is 0.176. The molecule has 0 radical (unpaired) electrons. The van der Waals surface area contributed by atoms with E-state index in [9.17, 15) is 9.59 Å². The maximum absolute atomic E-state index is 12.3. The second kappa shape index (κ2) is 5.52. The van der Waals surface area contributed by atoms with E-state index < -0.39 is 0 Å². The molecular formula is C17H16N2O3. The van der Waals surface area contributed by atoms with E-state index in [2.05, 4.69) is 10.3 Å². The molecule has 5 heteroatoms. The Morgan fingerprint density at radius 3 is 2.73 bits per heavy atom. The lowest BCUT2D eigenvalue weighted by molar-refractivity contribution is 0.0930. The number of benzene rings is 1. The van der Waals surface area contributed by atoms with Crippen LogP contribution in [0.4, 0.5) is 0 Å². The Balaban J connectivity index is 1.87. The Morgan fingerprint density at radius 1 is 1.23 bits per heavy atom. The monoisotopic (exact) mass is 296 g/mol. The van der Waals surface area contributed by atoms with Crippen LogP contribution in [0.2, 0.25) is 0 Å². The molecule has 22 heavy (non-hydrogen) atoms. The molecule has 5 nitrogen and oxygen atoms in total. The van der Waals surface area contributed by atoms with Gasteiger partial charge in [-0.15, -0.1) is 0 Å². The van der Waals surface area contributed by atoms with Crippen molar-refractivity contribution in [2.45, 2.75) is 19.9 Å². The third-order valence-corrected chi connectivity index (χ3v) is 3.53. The summed E-state index contributed by atoms with van der Waals surface area (Å²) in [6, 6.07) is 12.2. The summed E-state index contributed by atoms with van der Waals surface area (Å²) in [4.78, 5) is 26.9. The molecule has 0 aliphatic rings. The molecule has 0 saturated heterocycles. The minimum absolute atomic E-state index is 0.235. The van der Waals surface area contributed by atoms with Crippen molar-refractivity contribution in [3.05, 3.63) is 70.0 Å². The van der Waals surface area contributed by atoms with Gasteiger partial charge in [-0.25, -0.2) is 0 Å². The number of furan rings is 1. The van der Waals surface area contributed by atoms with Crippen LogP contribution in [0.15, 0.2) is 51.7 Å². The second-order valence-electron chi connectivity index (χ2n) is 5.24. The van der Waals surface area contributed by atoms with Gasteiger partial charge in [0.25, 0.3) is 11.5 Å². The van der Waals surface area contributed by atoms with Crippen LogP contribution in [-0.4, -0.2) is 10.9 Å². The fourth-order valence-electron chi connectivity index (χ4n) is 2.36. The topological polar surface area (TPSA) is 75.1 Å². The van der Waals surface area contributed by atoms with Crippen molar-refractivity contribution in [1.82, 2.24) is 10.3 Å². The standard InChI is InChI=1S/C17H16N2O3/c1-10-7-8-15(22-10)11(2)18-17(21)14-9-12-5-3-4-6-13(12)16(20)19-14/h3-9,11H,1-2H3,(H,18,21)(H,19,20). The summed E-state index contributed by atoms with van der Waals surface area (Å²) in [7, 11) is 0. The molecule has 2 N–H and O–H groups in total. The Hall–Kier alpha value is -2.82. The molecule has 1 atom stereocenters. The van der Waals surface area contributed by atoms with E-state index in [4.69, 9.17) is 4.42 Å². The number of aromatic nitrogens is 1. The number of fused-ring (bicyclic) bond motifs is 1.